The van der Waals surface area contributed by atoms with Crippen molar-refractivity contribution >= 4 is 17.6 Å². The molecule has 0 saturated carbocycles. The number of benzene rings is 1. The zero-order valence-electron chi connectivity index (χ0n) is 25.8. The summed E-state index contributed by atoms with van der Waals surface area (Å²) in [6.07, 6.45) is 8.46. The summed E-state index contributed by atoms with van der Waals surface area (Å²) in [5.74, 6) is 0.846. The highest BCUT2D eigenvalue weighted by molar-refractivity contribution is 5.94. The molecule has 2 amide bonds. The molecule has 2 atom stereocenters. The molecule has 44 heavy (non-hydrogen) atoms. The zero-order valence-corrected chi connectivity index (χ0v) is 25.8. The Hall–Kier alpha value is -3.97. The van der Waals surface area contributed by atoms with E-state index in [2.05, 4.69) is 29.5 Å². The summed E-state index contributed by atoms with van der Waals surface area (Å²) >= 11 is 0. The van der Waals surface area contributed by atoms with Crippen LogP contribution in [-0.4, -0.2) is 101 Å². The van der Waals surface area contributed by atoms with Crippen LogP contribution < -0.4 is 9.64 Å². The van der Waals surface area contributed by atoms with Crippen molar-refractivity contribution in [1.82, 2.24) is 24.7 Å². The van der Waals surface area contributed by atoms with Gasteiger partial charge in [0.05, 0.1) is 24.2 Å². The number of rotatable bonds is 7. The molecule has 10 heteroatoms. The number of carbonyl (C=O) groups is 2. The van der Waals surface area contributed by atoms with Gasteiger partial charge in [-0.1, -0.05) is 24.8 Å². The van der Waals surface area contributed by atoms with Crippen LogP contribution in [-0.2, 0) is 17.6 Å². The first-order chi connectivity index (χ1) is 21.4. The van der Waals surface area contributed by atoms with Crippen LogP contribution in [0, 0.1) is 16.7 Å². The van der Waals surface area contributed by atoms with E-state index in [0.29, 0.717) is 38.3 Å². The fourth-order valence-electron chi connectivity index (χ4n) is 7.53. The molecule has 1 spiro atoms. The number of aromatic nitrogens is 2. The Morgan fingerprint density at radius 1 is 1.09 bits per heavy atom. The third-order valence-corrected chi connectivity index (χ3v) is 10.3. The van der Waals surface area contributed by atoms with E-state index < -0.39 is 0 Å². The Labute approximate surface area is 260 Å². The molecule has 6 rings (SSSR count). The Kier molecular flexibility index (Phi) is 8.85. The van der Waals surface area contributed by atoms with Crippen LogP contribution in [0.2, 0.25) is 0 Å². The summed E-state index contributed by atoms with van der Waals surface area (Å²) in [6.45, 7) is 8.43. The van der Waals surface area contributed by atoms with Crippen molar-refractivity contribution in [2.45, 2.75) is 63.5 Å². The van der Waals surface area contributed by atoms with Crippen molar-refractivity contribution in [2.75, 3.05) is 57.8 Å². The number of carbonyl (C=O) groups excluding carboxylic acids is 2. The second-order valence-corrected chi connectivity index (χ2v) is 12.9. The molecule has 232 valence electrons. The van der Waals surface area contributed by atoms with Gasteiger partial charge < -0.3 is 24.3 Å². The fraction of sp³-hybridized carbons (Fsp3) is 0.559. The first kappa shape index (κ1) is 30.1. The van der Waals surface area contributed by atoms with E-state index in [9.17, 15) is 14.9 Å². The number of amides is 2. The lowest BCUT2D eigenvalue weighted by atomic mass is 9.67. The standard InChI is InChI=1S/C34H43N7O3/c1-3-30(42)41-21-20-40(23-26(41)12-16-35)31-28-11-13-34(14-18-39(19-15-34)32(43)25-8-5-4-6-9-25)22-29(28)36-33(37-31)44-24-27-10-7-17-38(27)2/h3-6,8-9,26-27H,1,7,10-15,17-24H2,2H3. The molecule has 0 N–H and O–H groups in total. The molecule has 3 saturated heterocycles. The second-order valence-electron chi connectivity index (χ2n) is 12.9. The monoisotopic (exact) mass is 597 g/mol. The van der Waals surface area contributed by atoms with Gasteiger partial charge in [-0.05, 0) is 82.2 Å². The third kappa shape index (κ3) is 6.16. The minimum absolute atomic E-state index is 0.0907. The Morgan fingerprint density at radius 2 is 1.89 bits per heavy atom. The molecule has 0 radical (unpaired) electrons. The first-order valence-corrected chi connectivity index (χ1v) is 16.0. The maximum atomic E-state index is 13.1. The van der Waals surface area contributed by atoms with E-state index in [0.717, 1.165) is 80.8 Å². The van der Waals surface area contributed by atoms with E-state index >= 15 is 0 Å². The number of hydrogen-bond acceptors (Lipinski definition) is 8. The number of ether oxygens (including phenoxy) is 1. The quantitative estimate of drug-likeness (QED) is 0.447. The lowest BCUT2D eigenvalue weighted by molar-refractivity contribution is -0.128. The van der Waals surface area contributed by atoms with Crippen LogP contribution in [0.15, 0.2) is 43.0 Å². The molecule has 2 aromatic rings. The van der Waals surface area contributed by atoms with E-state index in [1.165, 1.54) is 12.5 Å². The van der Waals surface area contributed by atoms with Gasteiger partial charge in [0.2, 0.25) is 5.91 Å². The van der Waals surface area contributed by atoms with Crippen LogP contribution in [0.4, 0.5) is 5.82 Å². The first-order valence-electron chi connectivity index (χ1n) is 16.0. The third-order valence-electron chi connectivity index (χ3n) is 10.3. The van der Waals surface area contributed by atoms with E-state index in [1.807, 2.05) is 35.2 Å². The highest BCUT2D eigenvalue weighted by Crippen LogP contribution is 2.45. The second kappa shape index (κ2) is 12.9. The highest BCUT2D eigenvalue weighted by Gasteiger charge is 2.41. The van der Waals surface area contributed by atoms with E-state index in [4.69, 9.17) is 14.7 Å². The smallest absolute Gasteiger partial charge is 0.318 e. The van der Waals surface area contributed by atoms with Crippen LogP contribution in [0.3, 0.4) is 0 Å². The molecule has 3 fully saturated rings. The molecule has 10 nitrogen and oxygen atoms in total. The van der Waals surface area contributed by atoms with Crippen molar-refractivity contribution in [2.24, 2.45) is 5.41 Å². The van der Waals surface area contributed by atoms with E-state index in [1.54, 1.807) is 4.90 Å². The topological polar surface area (TPSA) is 106 Å². The van der Waals surface area contributed by atoms with Crippen molar-refractivity contribution in [3.8, 4) is 12.1 Å². The van der Waals surface area contributed by atoms with Gasteiger partial charge in [0.25, 0.3) is 5.91 Å². The normalized spacial score (nSPS) is 23.2. The Balaban J connectivity index is 1.23. The number of fused-ring (bicyclic) bond motifs is 1. The average molecular weight is 598 g/mol. The Bertz CT molecular complexity index is 1420. The number of likely N-dealkylation sites (N-methyl/N-ethyl adjacent to an activating group) is 1. The van der Waals surface area contributed by atoms with Crippen LogP contribution in [0.25, 0.3) is 0 Å². The Morgan fingerprint density at radius 3 is 2.59 bits per heavy atom. The van der Waals surface area contributed by atoms with Gasteiger partial charge in [-0.2, -0.15) is 15.2 Å². The molecule has 3 aliphatic heterocycles. The van der Waals surface area contributed by atoms with E-state index in [-0.39, 0.29) is 29.7 Å². The lowest BCUT2D eigenvalue weighted by Gasteiger charge is -2.45. The summed E-state index contributed by atoms with van der Waals surface area (Å²) in [5, 5.41) is 9.53. The summed E-state index contributed by atoms with van der Waals surface area (Å²) in [6, 6.07) is 12.3. The summed E-state index contributed by atoms with van der Waals surface area (Å²) in [7, 11) is 2.14. The fourth-order valence-corrected chi connectivity index (χ4v) is 7.53. The molecule has 2 unspecified atom stereocenters. The maximum Gasteiger partial charge on any atom is 0.318 e. The number of nitrogens with zero attached hydrogens (tertiary/aromatic N) is 7. The predicted molar refractivity (Wildman–Crippen MR) is 167 cm³/mol. The number of piperazine rings is 1. The molecule has 1 aliphatic carbocycles. The lowest BCUT2D eigenvalue weighted by Crippen LogP contribution is -2.55. The molecule has 4 heterocycles. The number of nitriles is 1. The summed E-state index contributed by atoms with van der Waals surface area (Å²) in [5.41, 5.74) is 3.03. The van der Waals surface area contributed by atoms with Crippen LogP contribution >= 0.6 is 0 Å². The number of likely N-dealkylation sites (tertiary alicyclic amines) is 2. The minimum Gasteiger partial charge on any atom is -0.462 e. The summed E-state index contributed by atoms with van der Waals surface area (Å²) < 4.78 is 6.31. The van der Waals surface area contributed by atoms with Crippen molar-refractivity contribution in [3.63, 3.8) is 0 Å². The van der Waals surface area contributed by atoms with Gasteiger partial charge >= 0.3 is 6.01 Å². The van der Waals surface area contributed by atoms with Gasteiger partial charge in [0.15, 0.2) is 0 Å². The number of hydrogen-bond donors (Lipinski definition) is 0. The molecular formula is C34H43N7O3. The van der Waals surface area contributed by atoms with Gasteiger partial charge in [0, 0.05) is 49.9 Å². The summed E-state index contributed by atoms with van der Waals surface area (Å²) in [4.78, 5) is 44.0. The maximum absolute atomic E-state index is 13.1. The van der Waals surface area contributed by atoms with Gasteiger partial charge in [-0.3, -0.25) is 9.59 Å². The van der Waals surface area contributed by atoms with Crippen LogP contribution in [0.1, 0.15) is 60.1 Å². The van der Waals surface area contributed by atoms with Gasteiger partial charge in [-0.25, -0.2) is 0 Å². The average Bonchev–Trinajstić information content (AvgIpc) is 3.47. The van der Waals surface area contributed by atoms with Crippen LogP contribution in [0.5, 0.6) is 6.01 Å². The SMILES string of the molecule is C=CC(=O)N1CCN(c2nc(OCC3CCCN3C)nc3c2CCC2(CCN(C(=O)c4ccccc4)CC2)C3)CC1CC#N. The number of piperidine rings is 1. The van der Waals surface area contributed by atoms with Crippen molar-refractivity contribution in [1.29, 1.82) is 5.26 Å². The molecule has 4 aliphatic rings. The molecule has 1 aromatic carbocycles. The van der Waals surface area contributed by atoms with Crippen molar-refractivity contribution < 1.29 is 14.3 Å². The zero-order chi connectivity index (χ0) is 30.7. The molecule has 1 aromatic heterocycles. The highest BCUT2D eigenvalue weighted by atomic mass is 16.5. The minimum atomic E-state index is -0.234. The molecule has 0 bridgehead atoms. The largest absolute Gasteiger partial charge is 0.462 e. The predicted octanol–water partition coefficient (Wildman–Crippen LogP) is 3.48. The number of anilines is 1. The van der Waals surface area contributed by atoms with Crippen molar-refractivity contribution in [3.05, 3.63) is 59.8 Å². The van der Waals surface area contributed by atoms with Gasteiger partial charge in [-0.15, -0.1) is 0 Å². The van der Waals surface area contributed by atoms with Gasteiger partial charge in [0.1, 0.15) is 12.4 Å². The molecular weight excluding hydrogens is 554 g/mol.